The third-order valence-corrected chi connectivity index (χ3v) is 6.19. The lowest BCUT2D eigenvalue weighted by atomic mass is 9.93. The van der Waals surface area contributed by atoms with Gasteiger partial charge in [0.05, 0.1) is 12.2 Å². The number of rotatable bonds is 4. The molecule has 6 nitrogen and oxygen atoms in total. The maximum Gasteiger partial charge on any atom is 0.262 e. The van der Waals surface area contributed by atoms with Crippen molar-refractivity contribution < 1.29 is 0 Å². The van der Waals surface area contributed by atoms with Crippen LogP contribution in [0.2, 0.25) is 0 Å². The molecule has 140 valence electrons. The lowest BCUT2D eigenvalue weighted by Gasteiger charge is -2.26. The van der Waals surface area contributed by atoms with Crippen LogP contribution in [0.4, 0.5) is 0 Å². The van der Waals surface area contributed by atoms with Gasteiger partial charge in [0, 0.05) is 25.6 Å². The van der Waals surface area contributed by atoms with E-state index >= 15 is 0 Å². The molecule has 6 heteroatoms. The van der Waals surface area contributed by atoms with Crippen LogP contribution in [0.5, 0.6) is 0 Å². The lowest BCUT2D eigenvalue weighted by Crippen LogP contribution is -2.22. The van der Waals surface area contributed by atoms with Gasteiger partial charge in [0.2, 0.25) is 0 Å². The zero-order chi connectivity index (χ0) is 18.4. The molecule has 2 aromatic heterocycles. The first-order valence-electron chi connectivity index (χ1n) is 9.93. The summed E-state index contributed by atoms with van der Waals surface area (Å²) in [4.78, 5) is 23.0. The van der Waals surface area contributed by atoms with Crippen LogP contribution in [-0.2, 0) is 6.54 Å². The van der Waals surface area contributed by atoms with E-state index in [4.69, 9.17) is 4.98 Å². The standard InChI is InChI=1S/C21H25N5O/c1-14-11-25(12-15-6-3-2-4-7-15)13-18(14)19-23-20-17(21(27)24-19)10-22-26(20)16-8-5-9-16/h2-4,6-7,10,14,16,18H,5,8-9,11-13H2,1H3,(H,23,24,27)/t14-,18-/m1/s1. The molecule has 3 aromatic rings. The van der Waals surface area contributed by atoms with Crippen LogP contribution in [0.1, 0.15) is 49.5 Å². The van der Waals surface area contributed by atoms with E-state index in [1.54, 1.807) is 6.20 Å². The number of benzene rings is 1. The van der Waals surface area contributed by atoms with E-state index < -0.39 is 0 Å². The van der Waals surface area contributed by atoms with E-state index in [-0.39, 0.29) is 11.5 Å². The minimum Gasteiger partial charge on any atom is -0.310 e. The Morgan fingerprint density at radius 3 is 2.74 bits per heavy atom. The van der Waals surface area contributed by atoms with Gasteiger partial charge in [-0.15, -0.1) is 0 Å². The average molecular weight is 363 g/mol. The second-order valence-corrected chi connectivity index (χ2v) is 8.13. The maximum absolute atomic E-state index is 12.6. The number of fused-ring (bicyclic) bond motifs is 1. The summed E-state index contributed by atoms with van der Waals surface area (Å²) in [6.07, 6.45) is 5.16. The van der Waals surface area contributed by atoms with E-state index in [0.29, 0.717) is 17.3 Å². The summed E-state index contributed by atoms with van der Waals surface area (Å²) in [6, 6.07) is 11.0. The average Bonchev–Trinajstić information content (AvgIpc) is 3.19. The summed E-state index contributed by atoms with van der Waals surface area (Å²) >= 11 is 0. The van der Waals surface area contributed by atoms with Gasteiger partial charge < -0.3 is 4.98 Å². The number of hydrogen-bond donors (Lipinski definition) is 1. The quantitative estimate of drug-likeness (QED) is 0.774. The van der Waals surface area contributed by atoms with Crippen LogP contribution >= 0.6 is 0 Å². The predicted molar refractivity (Wildman–Crippen MR) is 105 cm³/mol. The highest BCUT2D eigenvalue weighted by Gasteiger charge is 2.33. The summed E-state index contributed by atoms with van der Waals surface area (Å²) in [7, 11) is 0. The SMILES string of the molecule is C[C@@H]1CN(Cc2ccccc2)C[C@H]1c1nc2c(cnn2C2CCC2)c(=O)[nH]1. The molecule has 1 saturated heterocycles. The molecule has 1 aromatic carbocycles. The number of hydrogen-bond acceptors (Lipinski definition) is 4. The molecule has 0 bridgehead atoms. The Balaban J connectivity index is 1.43. The van der Waals surface area contributed by atoms with Gasteiger partial charge in [-0.2, -0.15) is 5.10 Å². The third kappa shape index (κ3) is 2.98. The molecule has 27 heavy (non-hydrogen) atoms. The van der Waals surface area contributed by atoms with Gasteiger partial charge in [0.1, 0.15) is 11.2 Å². The van der Waals surface area contributed by atoms with E-state index in [0.717, 1.165) is 43.9 Å². The Kier molecular flexibility index (Phi) is 4.08. The summed E-state index contributed by atoms with van der Waals surface area (Å²) in [5, 5.41) is 5.07. The van der Waals surface area contributed by atoms with E-state index in [2.05, 4.69) is 46.2 Å². The van der Waals surface area contributed by atoms with Gasteiger partial charge in [-0.1, -0.05) is 37.3 Å². The molecule has 5 rings (SSSR count). The fraction of sp³-hybridized carbons (Fsp3) is 0.476. The number of H-pyrrole nitrogens is 1. The molecule has 0 unspecified atom stereocenters. The summed E-state index contributed by atoms with van der Waals surface area (Å²) in [5.41, 5.74) is 2.02. The van der Waals surface area contributed by atoms with Crippen LogP contribution in [-0.4, -0.2) is 37.7 Å². The number of nitrogens with zero attached hydrogens (tertiary/aromatic N) is 4. The van der Waals surface area contributed by atoms with Crippen molar-refractivity contribution >= 4 is 11.0 Å². The van der Waals surface area contributed by atoms with Gasteiger partial charge in [0.25, 0.3) is 5.56 Å². The van der Waals surface area contributed by atoms with Gasteiger partial charge in [-0.25, -0.2) is 9.67 Å². The fourth-order valence-electron chi connectivity index (χ4n) is 4.42. The van der Waals surface area contributed by atoms with E-state index in [1.807, 2.05) is 10.7 Å². The predicted octanol–water partition coefficient (Wildman–Crippen LogP) is 3.08. The van der Waals surface area contributed by atoms with Crippen molar-refractivity contribution in [2.45, 2.75) is 44.7 Å². The van der Waals surface area contributed by atoms with E-state index in [1.165, 1.54) is 12.0 Å². The monoisotopic (exact) mass is 363 g/mol. The highest BCUT2D eigenvalue weighted by Crippen LogP contribution is 2.34. The van der Waals surface area contributed by atoms with Crippen LogP contribution in [0.15, 0.2) is 41.3 Å². The molecule has 1 saturated carbocycles. The van der Waals surface area contributed by atoms with Crippen LogP contribution in [0, 0.1) is 5.92 Å². The first kappa shape index (κ1) is 16.7. The molecule has 0 amide bonds. The van der Waals surface area contributed by atoms with Crippen LogP contribution < -0.4 is 5.56 Å². The van der Waals surface area contributed by atoms with Crippen molar-refractivity contribution in [3.05, 3.63) is 58.3 Å². The van der Waals surface area contributed by atoms with Crippen LogP contribution in [0.3, 0.4) is 0 Å². The number of likely N-dealkylation sites (tertiary alicyclic amines) is 1. The highest BCUT2D eigenvalue weighted by molar-refractivity contribution is 5.73. The Bertz CT molecular complexity index is 1000. The molecule has 1 aliphatic heterocycles. The minimum atomic E-state index is -0.0608. The molecular formula is C21H25N5O. The van der Waals surface area contributed by atoms with Gasteiger partial charge in [-0.05, 0) is 30.7 Å². The second kappa shape index (κ2) is 6.60. The zero-order valence-corrected chi connectivity index (χ0v) is 15.6. The minimum absolute atomic E-state index is 0.0608. The topological polar surface area (TPSA) is 66.8 Å². The Labute approximate surface area is 158 Å². The molecule has 0 radical (unpaired) electrons. The number of aromatic nitrogens is 4. The van der Waals surface area contributed by atoms with Crippen molar-refractivity contribution in [1.29, 1.82) is 0 Å². The summed E-state index contributed by atoms with van der Waals surface area (Å²) in [6.45, 7) is 5.13. The Morgan fingerprint density at radius 2 is 2.00 bits per heavy atom. The fourth-order valence-corrected chi connectivity index (χ4v) is 4.42. The van der Waals surface area contributed by atoms with Gasteiger partial charge >= 0.3 is 0 Å². The molecule has 2 fully saturated rings. The number of aromatic amines is 1. The highest BCUT2D eigenvalue weighted by atomic mass is 16.1. The molecule has 1 aliphatic carbocycles. The van der Waals surface area contributed by atoms with Crippen molar-refractivity contribution in [3.63, 3.8) is 0 Å². The van der Waals surface area contributed by atoms with Gasteiger partial charge in [0.15, 0.2) is 5.65 Å². The first-order valence-corrected chi connectivity index (χ1v) is 9.93. The maximum atomic E-state index is 12.6. The van der Waals surface area contributed by atoms with Crippen LogP contribution in [0.25, 0.3) is 11.0 Å². The molecule has 3 heterocycles. The molecule has 1 N–H and O–H groups in total. The smallest absolute Gasteiger partial charge is 0.262 e. The van der Waals surface area contributed by atoms with E-state index in [9.17, 15) is 4.79 Å². The molecular weight excluding hydrogens is 338 g/mol. The van der Waals surface area contributed by atoms with Crippen molar-refractivity contribution in [1.82, 2.24) is 24.6 Å². The Hall–Kier alpha value is -2.47. The Morgan fingerprint density at radius 1 is 1.19 bits per heavy atom. The molecule has 2 aliphatic rings. The normalized spacial score (nSPS) is 23.7. The zero-order valence-electron chi connectivity index (χ0n) is 15.6. The summed E-state index contributed by atoms with van der Waals surface area (Å²) < 4.78 is 1.97. The third-order valence-electron chi connectivity index (χ3n) is 6.19. The van der Waals surface area contributed by atoms with Crippen molar-refractivity contribution in [2.75, 3.05) is 13.1 Å². The first-order chi connectivity index (χ1) is 13.2. The molecule has 2 atom stereocenters. The largest absolute Gasteiger partial charge is 0.310 e. The van der Waals surface area contributed by atoms with Gasteiger partial charge in [-0.3, -0.25) is 9.69 Å². The van der Waals surface area contributed by atoms with Crippen molar-refractivity contribution in [3.8, 4) is 0 Å². The second-order valence-electron chi connectivity index (χ2n) is 8.13. The molecule has 0 spiro atoms. The van der Waals surface area contributed by atoms with Crippen molar-refractivity contribution in [2.24, 2.45) is 5.92 Å². The number of nitrogens with one attached hydrogen (secondary N) is 1. The summed E-state index contributed by atoms with van der Waals surface area (Å²) in [5.74, 6) is 1.52. The lowest BCUT2D eigenvalue weighted by molar-refractivity contribution is 0.295.